The maximum absolute atomic E-state index is 12.4. The molecule has 8 heteroatoms. The highest BCUT2D eigenvalue weighted by Gasteiger charge is 2.36. The van der Waals surface area contributed by atoms with Crippen molar-refractivity contribution in [2.45, 2.75) is 45.4 Å². The lowest BCUT2D eigenvalue weighted by molar-refractivity contribution is -0.138. The van der Waals surface area contributed by atoms with Crippen LogP contribution in [0, 0.1) is 0 Å². The van der Waals surface area contributed by atoms with Crippen molar-refractivity contribution >= 4 is 18.2 Å². The first-order valence-corrected chi connectivity index (χ1v) is 8.83. The molecule has 1 atom stereocenters. The maximum Gasteiger partial charge on any atom is 0.410 e. The lowest BCUT2D eigenvalue weighted by Crippen LogP contribution is -2.57. The average Bonchev–Trinajstić information content (AvgIpc) is 2.58. The number of carbonyl (C=O) groups is 3. The molecule has 27 heavy (non-hydrogen) atoms. The molecule has 0 saturated carbocycles. The SMILES string of the molecule is CC(C)(C)OC(=O)N1CCN(C(=O)OCc2ccccc2)CC1CC(=O)O. The smallest absolute Gasteiger partial charge is 0.410 e. The Bertz CT molecular complexity index is 671. The number of piperazine rings is 1. The summed E-state index contributed by atoms with van der Waals surface area (Å²) in [5.74, 6) is -1.05. The van der Waals surface area contributed by atoms with Gasteiger partial charge in [-0.2, -0.15) is 0 Å². The van der Waals surface area contributed by atoms with E-state index in [1.807, 2.05) is 30.3 Å². The van der Waals surface area contributed by atoms with Crippen LogP contribution in [0.15, 0.2) is 30.3 Å². The number of ether oxygens (including phenoxy) is 2. The summed E-state index contributed by atoms with van der Waals surface area (Å²) in [4.78, 5) is 38.7. The van der Waals surface area contributed by atoms with E-state index in [0.29, 0.717) is 0 Å². The van der Waals surface area contributed by atoms with Gasteiger partial charge in [-0.05, 0) is 26.3 Å². The van der Waals surface area contributed by atoms with E-state index in [-0.39, 0.29) is 32.7 Å². The number of carboxylic acid groups (broad SMARTS) is 1. The summed E-state index contributed by atoms with van der Waals surface area (Å²) >= 11 is 0. The fraction of sp³-hybridized carbons (Fsp3) is 0.526. The van der Waals surface area contributed by atoms with Gasteiger partial charge in [-0.1, -0.05) is 30.3 Å². The number of benzene rings is 1. The van der Waals surface area contributed by atoms with E-state index in [0.717, 1.165) is 5.56 Å². The van der Waals surface area contributed by atoms with Crippen molar-refractivity contribution in [2.75, 3.05) is 19.6 Å². The molecular weight excluding hydrogens is 352 g/mol. The van der Waals surface area contributed by atoms with Gasteiger partial charge in [-0.3, -0.25) is 4.79 Å². The number of rotatable bonds is 4. The molecule has 1 saturated heterocycles. The van der Waals surface area contributed by atoms with E-state index < -0.39 is 29.8 Å². The van der Waals surface area contributed by atoms with Crippen LogP contribution in [0.1, 0.15) is 32.8 Å². The zero-order valence-electron chi connectivity index (χ0n) is 15.9. The van der Waals surface area contributed by atoms with Gasteiger partial charge in [0.05, 0.1) is 12.5 Å². The highest BCUT2D eigenvalue weighted by molar-refractivity contribution is 5.73. The largest absolute Gasteiger partial charge is 0.481 e. The summed E-state index contributed by atoms with van der Waals surface area (Å²) < 4.78 is 10.7. The topological polar surface area (TPSA) is 96.4 Å². The number of hydrogen-bond acceptors (Lipinski definition) is 5. The molecular formula is C19H26N2O6. The van der Waals surface area contributed by atoms with Crippen molar-refractivity contribution in [3.05, 3.63) is 35.9 Å². The zero-order chi connectivity index (χ0) is 20.0. The Morgan fingerprint density at radius 2 is 1.78 bits per heavy atom. The van der Waals surface area contributed by atoms with E-state index >= 15 is 0 Å². The second kappa shape index (κ2) is 8.75. The molecule has 1 aromatic rings. The number of nitrogens with zero attached hydrogens (tertiary/aromatic N) is 2. The van der Waals surface area contributed by atoms with Crippen LogP contribution in [-0.2, 0) is 20.9 Å². The van der Waals surface area contributed by atoms with Crippen LogP contribution in [0.4, 0.5) is 9.59 Å². The second-order valence-corrected chi connectivity index (χ2v) is 7.41. The van der Waals surface area contributed by atoms with Gasteiger partial charge >= 0.3 is 18.2 Å². The Labute approximate surface area is 158 Å². The van der Waals surface area contributed by atoms with Crippen molar-refractivity contribution in [1.29, 1.82) is 0 Å². The standard InChI is InChI=1S/C19H26N2O6/c1-19(2,3)27-18(25)21-10-9-20(12-15(21)11-16(22)23)17(24)26-13-14-7-5-4-6-8-14/h4-8,15H,9-13H2,1-3H3,(H,22,23). The van der Waals surface area contributed by atoms with Crippen molar-refractivity contribution in [3.8, 4) is 0 Å². The monoisotopic (exact) mass is 378 g/mol. The van der Waals surface area contributed by atoms with Crippen molar-refractivity contribution < 1.29 is 29.0 Å². The first kappa shape index (κ1) is 20.5. The van der Waals surface area contributed by atoms with Crippen LogP contribution in [-0.4, -0.2) is 64.3 Å². The molecule has 0 radical (unpaired) electrons. The Morgan fingerprint density at radius 3 is 2.37 bits per heavy atom. The first-order chi connectivity index (χ1) is 12.7. The summed E-state index contributed by atoms with van der Waals surface area (Å²) in [6.07, 6.45) is -1.38. The Hall–Kier alpha value is -2.77. The van der Waals surface area contributed by atoms with Gasteiger partial charge in [-0.15, -0.1) is 0 Å². The molecule has 2 amide bonds. The van der Waals surface area contributed by atoms with Crippen LogP contribution >= 0.6 is 0 Å². The lowest BCUT2D eigenvalue weighted by atomic mass is 10.1. The van der Waals surface area contributed by atoms with E-state index in [1.54, 1.807) is 20.8 Å². The van der Waals surface area contributed by atoms with Gasteiger partial charge in [0.15, 0.2) is 0 Å². The molecule has 1 aliphatic heterocycles. The van der Waals surface area contributed by atoms with E-state index in [2.05, 4.69) is 0 Å². The van der Waals surface area contributed by atoms with Gasteiger partial charge in [0.2, 0.25) is 0 Å². The third kappa shape index (κ3) is 6.47. The van der Waals surface area contributed by atoms with Gasteiger partial charge in [0.1, 0.15) is 12.2 Å². The van der Waals surface area contributed by atoms with Gasteiger partial charge in [0, 0.05) is 19.6 Å². The minimum atomic E-state index is -1.05. The third-order valence-electron chi connectivity index (χ3n) is 3.98. The molecule has 0 aromatic heterocycles. The normalized spacial score (nSPS) is 17.4. The minimum absolute atomic E-state index is 0.0825. The molecule has 0 bridgehead atoms. The van der Waals surface area contributed by atoms with Crippen LogP contribution < -0.4 is 0 Å². The van der Waals surface area contributed by atoms with E-state index in [4.69, 9.17) is 14.6 Å². The fourth-order valence-corrected chi connectivity index (χ4v) is 2.77. The van der Waals surface area contributed by atoms with Crippen molar-refractivity contribution in [3.63, 3.8) is 0 Å². The molecule has 1 heterocycles. The molecule has 2 rings (SSSR count). The van der Waals surface area contributed by atoms with Gasteiger partial charge in [-0.25, -0.2) is 9.59 Å². The third-order valence-corrected chi connectivity index (χ3v) is 3.98. The number of carboxylic acids is 1. The summed E-state index contributed by atoms with van der Waals surface area (Å²) in [6.45, 7) is 5.89. The lowest BCUT2D eigenvalue weighted by Gasteiger charge is -2.40. The zero-order valence-corrected chi connectivity index (χ0v) is 15.9. The minimum Gasteiger partial charge on any atom is -0.481 e. The predicted molar refractivity (Wildman–Crippen MR) is 97.2 cm³/mol. The highest BCUT2D eigenvalue weighted by atomic mass is 16.6. The second-order valence-electron chi connectivity index (χ2n) is 7.41. The first-order valence-electron chi connectivity index (χ1n) is 8.83. The molecule has 8 nitrogen and oxygen atoms in total. The molecule has 1 fully saturated rings. The Morgan fingerprint density at radius 1 is 1.11 bits per heavy atom. The quantitative estimate of drug-likeness (QED) is 0.865. The van der Waals surface area contributed by atoms with Gasteiger partial charge < -0.3 is 24.4 Å². The van der Waals surface area contributed by atoms with Gasteiger partial charge in [0.25, 0.3) is 0 Å². The number of carbonyl (C=O) groups excluding carboxylic acids is 2. The number of hydrogen-bond donors (Lipinski definition) is 1. The van der Waals surface area contributed by atoms with Crippen molar-refractivity contribution in [1.82, 2.24) is 9.80 Å². The van der Waals surface area contributed by atoms with Crippen LogP contribution in [0.25, 0.3) is 0 Å². The Kier molecular flexibility index (Phi) is 6.65. The van der Waals surface area contributed by atoms with E-state index in [1.165, 1.54) is 9.80 Å². The predicted octanol–water partition coefficient (Wildman–Crippen LogP) is 2.72. The molecule has 1 N–H and O–H groups in total. The summed E-state index contributed by atoms with van der Waals surface area (Å²) in [5.41, 5.74) is 0.177. The van der Waals surface area contributed by atoms with Crippen LogP contribution in [0.3, 0.4) is 0 Å². The van der Waals surface area contributed by atoms with Crippen LogP contribution in [0.5, 0.6) is 0 Å². The fourth-order valence-electron chi connectivity index (χ4n) is 2.77. The van der Waals surface area contributed by atoms with Crippen molar-refractivity contribution in [2.24, 2.45) is 0 Å². The summed E-state index contributed by atoms with van der Waals surface area (Å²) in [7, 11) is 0. The molecule has 0 spiro atoms. The average molecular weight is 378 g/mol. The Balaban J connectivity index is 1.98. The highest BCUT2D eigenvalue weighted by Crippen LogP contribution is 2.19. The molecule has 1 aromatic carbocycles. The molecule has 148 valence electrons. The number of amides is 2. The molecule has 1 aliphatic rings. The van der Waals surface area contributed by atoms with E-state index in [9.17, 15) is 14.4 Å². The summed E-state index contributed by atoms with van der Waals surface area (Å²) in [5, 5.41) is 9.16. The molecule has 0 aliphatic carbocycles. The van der Waals surface area contributed by atoms with Crippen LogP contribution in [0.2, 0.25) is 0 Å². The number of aliphatic carboxylic acids is 1. The molecule has 1 unspecified atom stereocenters. The summed E-state index contributed by atoms with van der Waals surface area (Å²) in [6, 6.07) is 8.60. The maximum atomic E-state index is 12.4.